The summed E-state index contributed by atoms with van der Waals surface area (Å²) in [6.07, 6.45) is 0.779. The average molecular weight is 187 g/mol. The van der Waals surface area contributed by atoms with Gasteiger partial charge >= 0.3 is 0 Å². The van der Waals surface area contributed by atoms with Gasteiger partial charge in [-0.1, -0.05) is 30.3 Å². The largest absolute Gasteiger partial charge is 0.382 e. The van der Waals surface area contributed by atoms with Crippen molar-refractivity contribution >= 4 is 0 Å². The average Bonchev–Trinajstić information content (AvgIpc) is 2.30. The van der Waals surface area contributed by atoms with Crippen LogP contribution in [0, 0.1) is 0 Å². The quantitative estimate of drug-likeness (QED) is 0.760. The van der Waals surface area contributed by atoms with Gasteiger partial charge < -0.3 is 5.11 Å². The Labute approximate surface area is 81.2 Å². The molecule has 1 N–H and O–H groups in total. The molecule has 0 radical (unpaired) electrons. The van der Waals surface area contributed by atoms with Crippen molar-refractivity contribution in [3.63, 3.8) is 0 Å². The van der Waals surface area contributed by atoms with Crippen LogP contribution in [0.3, 0.4) is 0 Å². The summed E-state index contributed by atoms with van der Waals surface area (Å²) >= 11 is 0. The molecule has 0 aliphatic rings. The Bertz CT molecular complexity index is 351. The van der Waals surface area contributed by atoms with Crippen molar-refractivity contribution in [2.24, 2.45) is 0 Å². The van der Waals surface area contributed by atoms with Gasteiger partial charge in [-0.05, 0) is 16.8 Å². The lowest BCUT2D eigenvalue weighted by molar-refractivity contribution is 0.213. The zero-order chi connectivity index (χ0) is 9.80. The summed E-state index contributed by atoms with van der Waals surface area (Å²) in [4.78, 5) is 0. The van der Waals surface area contributed by atoms with Crippen molar-refractivity contribution < 1.29 is 5.11 Å². The fraction of sp³-hybridized carbons (Fsp3) is 0.100. The minimum absolute atomic E-state index is 0.506. The van der Waals surface area contributed by atoms with Crippen LogP contribution < -0.4 is 0 Å². The topological polar surface area (TPSA) is 58.9 Å². The zero-order valence-electron chi connectivity index (χ0n) is 7.41. The third-order valence-corrected chi connectivity index (χ3v) is 1.92. The Morgan fingerprint density at radius 3 is 2.50 bits per heavy atom. The summed E-state index contributed by atoms with van der Waals surface area (Å²) in [7, 11) is 0. The third-order valence-electron chi connectivity index (χ3n) is 1.92. The first-order valence-corrected chi connectivity index (χ1v) is 4.25. The maximum atomic E-state index is 9.86. The van der Waals surface area contributed by atoms with Gasteiger partial charge in [0.2, 0.25) is 0 Å². The minimum atomic E-state index is -0.730. The Morgan fingerprint density at radius 1 is 1.07 bits per heavy atom. The van der Waals surface area contributed by atoms with Crippen LogP contribution in [0.5, 0.6) is 0 Å². The molecule has 0 aliphatic carbocycles. The summed E-state index contributed by atoms with van der Waals surface area (Å²) in [5.74, 6) is 0. The van der Waals surface area contributed by atoms with Crippen molar-refractivity contribution in [3.05, 3.63) is 53.9 Å². The van der Waals surface area contributed by atoms with Gasteiger partial charge in [-0.25, -0.2) is 0 Å². The molecule has 2 aromatic rings. The van der Waals surface area contributed by atoms with E-state index < -0.39 is 6.10 Å². The molecule has 0 aliphatic heterocycles. The number of aliphatic hydroxyl groups excluding tert-OH is 1. The molecule has 0 spiro atoms. The van der Waals surface area contributed by atoms with Crippen LogP contribution in [0.2, 0.25) is 0 Å². The van der Waals surface area contributed by atoms with Crippen LogP contribution in [0.25, 0.3) is 0 Å². The number of nitrogens with zero attached hydrogens (tertiary/aromatic N) is 3. The summed E-state index contributed by atoms with van der Waals surface area (Å²) in [6.45, 7) is 0. The smallest absolute Gasteiger partial charge is 0.123 e. The van der Waals surface area contributed by atoms with Crippen molar-refractivity contribution in [1.82, 2.24) is 15.4 Å². The molecule has 1 heterocycles. The highest BCUT2D eigenvalue weighted by atomic mass is 16.3. The molecule has 0 bridgehead atoms. The fourth-order valence-electron chi connectivity index (χ4n) is 1.20. The second-order valence-electron chi connectivity index (χ2n) is 2.86. The molecule has 4 heteroatoms. The molecule has 1 aromatic carbocycles. The van der Waals surface area contributed by atoms with E-state index in [-0.39, 0.29) is 0 Å². The van der Waals surface area contributed by atoms with Crippen molar-refractivity contribution in [2.45, 2.75) is 6.10 Å². The summed E-state index contributed by atoms with van der Waals surface area (Å²) < 4.78 is 0. The number of benzene rings is 1. The van der Waals surface area contributed by atoms with Crippen molar-refractivity contribution in [3.8, 4) is 0 Å². The van der Waals surface area contributed by atoms with E-state index in [0.29, 0.717) is 5.69 Å². The second kappa shape index (κ2) is 3.93. The van der Waals surface area contributed by atoms with Gasteiger partial charge in [0.15, 0.2) is 0 Å². The maximum Gasteiger partial charge on any atom is 0.123 e. The van der Waals surface area contributed by atoms with Gasteiger partial charge in [0.25, 0.3) is 0 Å². The van der Waals surface area contributed by atoms with E-state index in [2.05, 4.69) is 15.4 Å². The number of aliphatic hydroxyl groups is 1. The lowest BCUT2D eigenvalue weighted by Crippen LogP contribution is -2.03. The molecule has 1 aromatic heterocycles. The third kappa shape index (κ3) is 1.75. The van der Waals surface area contributed by atoms with Crippen LogP contribution >= 0.6 is 0 Å². The van der Waals surface area contributed by atoms with Gasteiger partial charge in [-0.15, -0.1) is 10.2 Å². The Hall–Kier alpha value is -1.81. The van der Waals surface area contributed by atoms with Crippen LogP contribution in [0.4, 0.5) is 0 Å². The molecule has 70 valence electrons. The number of aromatic nitrogens is 3. The predicted octanol–water partition coefficient (Wildman–Crippen LogP) is 0.953. The molecule has 14 heavy (non-hydrogen) atoms. The highest BCUT2D eigenvalue weighted by Crippen LogP contribution is 2.17. The Morgan fingerprint density at radius 2 is 1.86 bits per heavy atom. The highest BCUT2D eigenvalue weighted by Gasteiger charge is 2.10. The lowest BCUT2D eigenvalue weighted by Gasteiger charge is -2.08. The first kappa shape index (κ1) is 8.77. The van der Waals surface area contributed by atoms with Crippen LogP contribution in [-0.4, -0.2) is 20.5 Å². The van der Waals surface area contributed by atoms with Crippen molar-refractivity contribution in [1.29, 1.82) is 0 Å². The van der Waals surface area contributed by atoms with E-state index in [1.807, 2.05) is 30.3 Å². The fourth-order valence-corrected chi connectivity index (χ4v) is 1.20. The summed E-state index contributed by atoms with van der Waals surface area (Å²) in [6, 6.07) is 11.0. The standard InChI is InChI=1S/C10H9N3O/c14-10(8-4-2-1-3-5-8)9-6-7-11-13-12-9/h1-7,10,14H. The second-order valence-corrected chi connectivity index (χ2v) is 2.86. The van der Waals surface area contributed by atoms with E-state index in [0.717, 1.165) is 5.56 Å². The predicted molar refractivity (Wildman–Crippen MR) is 50.3 cm³/mol. The number of rotatable bonds is 2. The minimum Gasteiger partial charge on any atom is -0.382 e. The Kier molecular flexibility index (Phi) is 2.46. The maximum absolute atomic E-state index is 9.86. The summed E-state index contributed by atoms with van der Waals surface area (Å²) in [5.41, 5.74) is 1.30. The number of hydrogen-bond acceptors (Lipinski definition) is 4. The molecule has 0 amide bonds. The molecule has 2 rings (SSSR count). The SMILES string of the molecule is OC(c1ccccc1)c1ccnnn1. The first-order valence-electron chi connectivity index (χ1n) is 4.25. The lowest BCUT2D eigenvalue weighted by atomic mass is 10.1. The first-order chi connectivity index (χ1) is 6.88. The van der Waals surface area contributed by atoms with E-state index >= 15 is 0 Å². The van der Waals surface area contributed by atoms with Gasteiger partial charge in [-0.2, -0.15) is 0 Å². The molecule has 0 fully saturated rings. The van der Waals surface area contributed by atoms with Gasteiger partial charge in [0, 0.05) is 0 Å². The Balaban J connectivity index is 2.30. The van der Waals surface area contributed by atoms with E-state index in [4.69, 9.17) is 0 Å². The molecule has 1 unspecified atom stereocenters. The normalized spacial score (nSPS) is 12.4. The van der Waals surface area contributed by atoms with Crippen LogP contribution in [-0.2, 0) is 0 Å². The van der Waals surface area contributed by atoms with Crippen LogP contribution in [0.15, 0.2) is 42.6 Å². The van der Waals surface area contributed by atoms with Gasteiger partial charge in [-0.3, -0.25) is 0 Å². The molecule has 1 atom stereocenters. The number of hydrogen-bond donors (Lipinski definition) is 1. The molecular formula is C10H9N3O. The molecule has 0 saturated carbocycles. The van der Waals surface area contributed by atoms with E-state index in [1.165, 1.54) is 6.20 Å². The van der Waals surface area contributed by atoms with Gasteiger partial charge in [0.1, 0.15) is 6.10 Å². The van der Waals surface area contributed by atoms with E-state index in [9.17, 15) is 5.11 Å². The molecule has 4 nitrogen and oxygen atoms in total. The van der Waals surface area contributed by atoms with Gasteiger partial charge in [0.05, 0.1) is 11.9 Å². The highest BCUT2D eigenvalue weighted by molar-refractivity contribution is 5.23. The molecular weight excluding hydrogens is 178 g/mol. The summed E-state index contributed by atoms with van der Waals surface area (Å²) in [5, 5.41) is 20.6. The van der Waals surface area contributed by atoms with E-state index in [1.54, 1.807) is 6.07 Å². The molecule has 0 saturated heterocycles. The van der Waals surface area contributed by atoms with Crippen LogP contribution in [0.1, 0.15) is 17.4 Å². The monoisotopic (exact) mass is 187 g/mol. The van der Waals surface area contributed by atoms with Crippen molar-refractivity contribution in [2.75, 3.05) is 0 Å². The zero-order valence-corrected chi connectivity index (χ0v) is 7.41.